The summed E-state index contributed by atoms with van der Waals surface area (Å²) in [6.07, 6.45) is 10.5. The Morgan fingerprint density at radius 1 is 1.09 bits per heavy atom. The summed E-state index contributed by atoms with van der Waals surface area (Å²) in [5.41, 5.74) is 0.974. The molecular formula is C19H28O3. The number of hydrogen-bond donors (Lipinski definition) is 2. The van der Waals surface area contributed by atoms with Crippen LogP contribution < -0.4 is 0 Å². The van der Waals surface area contributed by atoms with Crippen molar-refractivity contribution in [3.63, 3.8) is 0 Å². The molecule has 0 radical (unpaired) electrons. The van der Waals surface area contributed by atoms with Crippen molar-refractivity contribution >= 4 is 6.29 Å². The molecule has 0 heterocycles. The predicted octanol–water partition coefficient (Wildman–Crippen LogP) is 2.85. The molecule has 3 saturated carbocycles. The molecule has 4 aliphatic rings. The van der Waals surface area contributed by atoms with Crippen molar-refractivity contribution in [1.82, 2.24) is 0 Å². The molecule has 2 unspecified atom stereocenters. The molecule has 3 nitrogen and oxygen atoms in total. The van der Waals surface area contributed by atoms with Gasteiger partial charge in [-0.15, -0.1) is 0 Å². The Kier molecular flexibility index (Phi) is 3.32. The summed E-state index contributed by atoms with van der Waals surface area (Å²) in [6.45, 7) is 2.27. The van der Waals surface area contributed by atoms with E-state index in [1.54, 1.807) is 0 Å². The van der Waals surface area contributed by atoms with Gasteiger partial charge in [0.05, 0.1) is 17.6 Å². The number of hydrogen-bond acceptors (Lipinski definition) is 3. The zero-order valence-corrected chi connectivity index (χ0v) is 13.5. The van der Waals surface area contributed by atoms with Gasteiger partial charge < -0.3 is 15.0 Å². The van der Waals surface area contributed by atoms with Crippen LogP contribution in [-0.2, 0) is 4.79 Å². The van der Waals surface area contributed by atoms with Crippen LogP contribution in [0.15, 0.2) is 11.6 Å². The van der Waals surface area contributed by atoms with Crippen molar-refractivity contribution in [3.8, 4) is 0 Å². The van der Waals surface area contributed by atoms with Crippen LogP contribution in [0.2, 0.25) is 0 Å². The number of aliphatic hydroxyl groups is 2. The normalized spacial score (nSPS) is 54.0. The minimum atomic E-state index is -0.359. The van der Waals surface area contributed by atoms with Crippen LogP contribution in [0.3, 0.4) is 0 Å². The lowest BCUT2D eigenvalue weighted by Gasteiger charge is -2.57. The molecule has 0 aliphatic heterocycles. The van der Waals surface area contributed by atoms with E-state index in [1.165, 1.54) is 11.9 Å². The Balaban J connectivity index is 1.71. The highest BCUT2D eigenvalue weighted by atomic mass is 16.3. The number of carbonyl (C=O) groups is 1. The predicted molar refractivity (Wildman–Crippen MR) is 84.1 cm³/mol. The third-order valence-electron chi connectivity index (χ3n) is 7.85. The minimum Gasteiger partial charge on any atom is -0.393 e. The van der Waals surface area contributed by atoms with Gasteiger partial charge >= 0.3 is 0 Å². The van der Waals surface area contributed by atoms with Gasteiger partial charge in [-0.05, 0) is 74.5 Å². The van der Waals surface area contributed by atoms with Gasteiger partial charge in [-0.1, -0.05) is 18.6 Å². The number of carbonyl (C=O) groups excluding carboxylic acids is 1. The first-order valence-corrected chi connectivity index (χ1v) is 9.05. The van der Waals surface area contributed by atoms with Crippen molar-refractivity contribution < 1.29 is 15.0 Å². The summed E-state index contributed by atoms with van der Waals surface area (Å²) in [7, 11) is 0. The van der Waals surface area contributed by atoms with E-state index in [4.69, 9.17) is 0 Å². The van der Waals surface area contributed by atoms with E-state index in [1.807, 2.05) is 6.08 Å². The molecule has 22 heavy (non-hydrogen) atoms. The van der Waals surface area contributed by atoms with Gasteiger partial charge in [0, 0.05) is 0 Å². The van der Waals surface area contributed by atoms with Crippen LogP contribution >= 0.6 is 0 Å². The van der Waals surface area contributed by atoms with Crippen molar-refractivity contribution in [2.45, 2.75) is 70.5 Å². The van der Waals surface area contributed by atoms with Gasteiger partial charge in [-0.3, -0.25) is 0 Å². The highest BCUT2D eigenvalue weighted by Gasteiger charge is 2.60. The lowest BCUT2D eigenvalue weighted by molar-refractivity contribution is -0.128. The van der Waals surface area contributed by atoms with E-state index in [-0.39, 0.29) is 23.0 Å². The van der Waals surface area contributed by atoms with E-state index in [0.717, 1.165) is 51.4 Å². The molecule has 0 aromatic carbocycles. The lowest BCUT2D eigenvalue weighted by Crippen LogP contribution is -2.53. The van der Waals surface area contributed by atoms with E-state index < -0.39 is 0 Å². The van der Waals surface area contributed by atoms with E-state index in [2.05, 4.69) is 6.92 Å². The summed E-state index contributed by atoms with van der Waals surface area (Å²) in [4.78, 5) is 12.1. The molecule has 7 atom stereocenters. The first-order valence-electron chi connectivity index (χ1n) is 9.05. The van der Waals surface area contributed by atoms with E-state index in [0.29, 0.717) is 17.8 Å². The van der Waals surface area contributed by atoms with Gasteiger partial charge in [-0.2, -0.15) is 0 Å². The Labute approximate surface area is 132 Å². The summed E-state index contributed by atoms with van der Waals surface area (Å²) >= 11 is 0. The number of rotatable bonds is 1. The maximum Gasteiger partial charge on any atom is 0.130 e. The van der Waals surface area contributed by atoms with Crippen LogP contribution in [0, 0.1) is 28.6 Å². The standard InChI is InChI=1S/C19H28O3/c1-18-8-7-16-14(15(18)4-5-17(18)22)3-2-12-10-13(21)6-9-19(12,16)11-20/h10-11,13-17,21-22H,2-9H2,1H3/t13?,14-,15-,16+,17?,18-,19+/m0/s1. The maximum absolute atomic E-state index is 12.1. The van der Waals surface area contributed by atoms with Gasteiger partial charge in [-0.25, -0.2) is 0 Å². The highest BCUT2D eigenvalue weighted by molar-refractivity contribution is 5.67. The van der Waals surface area contributed by atoms with E-state index in [9.17, 15) is 15.0 Å². The van der Waals surface area contributed by atoms with Gasteiger partial charge in [0.25, 0.3) is 0 Å². The Morgan fingerprint density at radius 3 is 2.68 bits per heavy atom. The van der Waals surface area contributed by atoms with Crippen LogP contribution in [0.25, 0.3) is 0 Å². The fourth-order valence-corrected chi connectivity index (χ4v) is 6.60. The summed E-state index contributed by atoms with van der Waals surface area (Å²) in [5, 5.41) is 20.4. The quantitative estimate of drug-likeness (QED) is 0.578. The first-order chi connectivity index (χ1) is 10.5. The first kappa shape index (κ1) is 14.9. The fourth-order valence-electron chi connectivity index (χ4n) is 6.60. The van der Waals surface area contributed by atoms with Gasteiger partial charge in [0.2, 0.25) is 0 Å². The number of aldehydes is 1. The fraction of sp³-hybridized carbons (Fsp3) is 0.842. The molecule has 0 saturated heterocycles. The third-order valence-corrected chi connectivity index (χ3v) is 7.85. The van der Waals surface area contributed by atoms with Gasteiger partial charge in [0.15, 0.2) is 0 Å². The number of allylic oxidation sites excluding steroid dienone is 1. The molecule has 4 aliphatic carbocycles. The molecule has 2 N–H and O–H groups in total. The zero-order chi connectivity index (χ0) is 15.5. The molecular weight excluding hydrogens is 276 g/mol. The SMILES string of the molecule is C[C@]12CC[C@@H]3[C@@H](CCC4=CC(O)CC[C@@]43C=O)[C@@H]1CCC2O. The minimum absolute atomic E-state index is 0.0701. The molecule has 122 valence electrons. The molecule has 0 aromatic heterocycles. The van der Waals surface area contributed by atoms with Gasteiger partial charge in [0.1, 0.15) is 6.29 Å². The topological polar surface area (TPSA) is 57.5 Å². The number of aliphatic hydroxyl groups excluding tert-OH is 2. The Morgan fingerprint density at radius 2 is 1.91 bits per heavy atom. The monoisotopic (exact) mass is 304 g/mol. The second-order valence-electron chi connectivity index (χ2n) is 8.51. The Bertz CT molecular complexity index is 513. The van der Waals surface area contributed by atoms with Crippen LogP contribution in [0.1, 0.15) is 58.3 Å². The third kappa shape index (κ3) is 1.78. The zero-order valence-electron chi connectivity index (χ0n) is 13.5. The molecule has 0 amide bonds. The maximum atomic E-state index is 12.1. The second-order valence-corrected chi connectivity index (χ2v) is 8.51. The van der Waals surface area contributed by atoms with Crippen LogP contribution in [0.5, 0.6) is 0 Å². The second kappa shape index (κ2) is 4.91. The molecule has 0 bridgehead atoms. The molecule has 3 fully saturated rings. The van der Waals surface area contributed by atoms with Crippen molar-refractivity contribution in [3.05, 3.63) is 11.6 Å². The lowest BCUT2D eigenvalue weighted by atomic mass is 9.47. The summed E-state index contributed by atoms with van der Waals surface area (Å²) in [5.74, 6) is 1.58. The van der Waals surface area contributed by atoms with Crippen LogP contribution in [-0.4, -0.2) is 28.7 Å². The molecule has 0 spiro atoms. The molecule has 4 rings (SSSR count). The van der Waals surface area contributed by atoms with E-state index >= 15 is 0 Å². The number of fused-ring (bicyclic) bond motifs is 5. The van der Waals surface area contributed by atoms with Crippen molar-refractivity contribution in [2.24, 2.45) is 28.6 Å². The smallest absolute Gasteiger partial charge is 0.130 e. The summed E-state index contributed by atoms with van der Waals surface area (Å²) in [6, 6.07) is 0. The van der Waals surface area contributed by atoms with Crippen molar-refractivity contribution in [1.29, 1.82) is 0 Å². The Hall–Kier alpha value is -0.670. The highest BCUT2D eigenvalue weighted by Crippen LogP contribution is 2.64. The van der Waals surface area contributed by atoms with Crippen molar-refractivity contribution in [2.75, 3.05) is 0 Å². The van der Waals surface area contributed by atoms with Crippen LogP contribution in [0.4, 0.5) is 0 Å². The average Bonchev–Trinajstić information content (AvgIpc) is 2.82. The average molecular weight is 304 g/mol. The summed E-state index contributed by atoms with van der Waals surface area (Å²) < 4.78 is 0. The molecule has 0 aromatic rings. The molecule has 3 heteroatoms. The largest absolute Gasteiger partial charge is 0.393 e.